The van der Waals surface area contributed by atoms with Crippen LogP contribution >= 0.6 is 0 Å². The Labute approximate surface area is 306 Å². The first-order valence-electron chi connectivity index (χ1n) is 18.1. The van der Waals surface area contributed by atoms with Gasteiger partial charge in [0.2, 0.25) is 0 Å². The fourth-order valence-electron chi connectivity index (χ4n) is 8.21. The molecule has 0 saturated carbocycles. The summed E-state index contributed by atoms with van der Waals surface area (Å²) in [4.78, 5) is 2.35. The fraction of sp³-hybridized carbons (Fsp3) is 0. The number of hydrogen-bond donors (Lipinski definition) is 0. The Morgan fingerprint density at radius 1 is 0.377 bits per heavy atom. The maximum absolute atomic E-state index is 6.40. The molecule has 0 aliphatic carbocycles. The normalized spacial score (nSPS) is 11.8. The molecule has 11 rings (SSSR count). The van der Waals surface area contributed by atoms with Crippen LogP contribution in [-0.2, 0) is 0 Å². The largest absolute Gasteiger partial charge is 0.455 e. The van der Waals surface area contributed by atoms with E-state index in [9.17, 15) is 0 Å². The molecule has 0 aliphatic heterocycles. The van der Waals surface area contributed by atoms with Crippen molar-refractivity contribution >= 4 is 82.4 Å². The Kier molecular flexibility index (Phi) is 6.55. The molecule has 2 heterocycles. The van der Waals surface area contributed by atoms with Gasteiger partial charge in [-0.2, -0.15) is 0 Å². The Bertz CT molecular complexity index is 3170. The molecular formula is C50H32N2O. The van der Waals surface area contributed by atoms with Gasteiger partial charge in [0.15, 0.2) is 0 Å². The molecule has 0 atom stereocenters. The van der Waals surface area contributed by atoms with Crippen LogP contribution in [0.5, 0.6) is 0 Å². The van der Waals surface area contributed by atoms with E-state index in [0.717, 1.165) is 61.3 Å². The SMILES string of the molecule is c1ccc(N(c2ccc(-c3cccc4c3oc3ccccc34)cc2)c2ccc3c4cc5ccccc5cc4n(-c4ccc5ccccc5c4)c3c2)cc1. The summed E-state index contributed by atoms with van der Waals surface area (Å²) in [5.74, 6) is 0. The summed E-state index contributed by atoms with van der Waals surface area (Å²) in [6.07, 6.45) is 0. The first-order chi connectivity index (χ1) is 26.3. The lowest BCUT2D eigenvalue weighted by molar-refractivity contribution is 0.670. The summed E-state index contributed by atoms with van der Waals surface area (Å²) in [7, 11) is 0. The quantitative estimate of drug-likeness (QED) is 0.181. The Hall–Kier alpha value is -7.10. The van der Waals surface area contributed by atoms with E-state index < -0.39 is 0 Å². The predicted octanol–water partition coefficient (Wildman–Crippen LogP) is 14.1. The van der Waals surface area contributed by atoms with Gasteiger partial charge in [0.25, 0.3) is 0 Å². The average molecular weight is 677 g/mol. The Balaban J connectivity index is 1.10. The van der Waals surface area contributed by atoms with E-state index in [1.807, 2.05) is 12.1 Å². The number of rotatable bonds is 5. The summed E-state index contributed by atoms with van der Waals surface area (Å²) in [5.41, 5.74) is 10.8. The molecule has 0 fully saturated rings. The summed E-state index contributed by atoms with van der Waals surface area (Å²) >= 11 is 0. The van der Waals surface area contributed by atoms with E-state index in [4.69, 9.17) is 4.42 Å². The maximum Gasteiger partial charge on any atom is 0.143 e. The molecule has 2 aromatic heterocycles. The lowest BCUT2D eigenvalue weighted by Gasteiger charge is -2.26. The molecule has 0 unspecified atom stereocenters. The van der Waals surface area contributed by atoms with Crippen LogP contribution in [0.3, 0.4) is 0 Å². The van der Waals surface area contributed by atoms with E-state index in [-0.39, 0.29) is 0 Å². The molecule has 0 bridgehead atoms. The highest BCUT2D eigenvalue weighted by Gasteiger charge is 2.19. The van der Waals surface area contributed by atoms with Crippen LogP contribution < -0.4 is 4.90 Å². The minimum atomic E-state index is 0.909. The van der Waals surface area contributed by atoms with Crippen LogP contribution in [0.1, 0.15) is 0 Å². The first-order valence-corrected chi connectivity index (χ1v) is 18.1. The Morgan fingerprint density at radius 3 is 1.85 bits per heavy atom. The molecule has 9 aromatic carbocycles. The third-order valence-corrected chi connectivity index (χ3v) is 10.7. The van der Waals surface area contributed by atoms with Crippen molar-refractivity contribution < 1.29 is 4.42 Å². The molecular weight excluding hydrogens is 645 g/mol. The van der Waals surface area contributed by atoms with Crippen LogP contribution in [0, 0.1) is 0 Å². The zero-order chi connectivity index (χ0) is 34.9. The molecule has 53 heavy (non-hydrogen) atoms. The highest BCUT2D eigenvalue weighted by atomic mass is 16.3. The van der Waals surface area contributed by atoms with Crippen molar-refractivity contribution in [2.75, 3.05) is 4.90 Å². The maximum atomic E-state index is 6.40. The summed E-state index contributed by atoms with van der Waals surface area (Å²) in [5, 5.41) is 9.68. The molecule has 3 nitrogen and oxygen atoms in total. The van der Waals surface area contributed by atoms with Gasteiger partial charge in [-0.3, -0.25) is 0 Å². The van der Waals surface area contributed by atoms with Gasteiger partial charge in [-0.15, -0.1) is 0 Å². The van der Waals surface area contributed by atoms with Gasteiger partial charge in [0.1, 0.15) is 11.2 Å². The van der Waals surface area contributed by atoms with Crippen molar-refractivity contribution in [3.05, 3.63) is 194 Å². The highest BCUT2D eigenvalue weighted by molar-refractivity contribution is 6.15. The molecule has 248 valence electrons. The second-order valence-electron chi connectivity index (χ2n) is 13.8. The summed E-state index contributed by atoms with van der Waals surface area (Å²) in [6.45, 7) is 0. The third-order valence-electron chi connectivity index (χ3n) is 10.7. The first kappa shape index (κ1) is 29.6. The van der Waals surface area contributed by atoms with Gasteiger partial charge in [0, 0.05) is 49.9 Å². The number of benzene rings is 9. The predicted molar refractivity (Wildman–Crippen MR) is 223 cm³/mol. The lowest BCUT2D eigenvalue weighted by Crippen LogP contribution is -2.10. The molecule has 0 N–H and O–H groups in total. The highest BCUT2D eigenvalue weighted by Crippen LogP contribution is 2.42. The van der Waals surface area contributed by atoms with Gasteiger partial charge < -0.3 is 13.9 Å². The van der Waals surface area contributed by atoms with Crippen LogP contribution in [0.2, 0.25) is 0 Å². The number of anilines is 3. The van der Waals surface area contributed by atoms with Crippen LogP contribution in [-0.4, -0.2) is 4.57 Å². The summed E-state index contributed by atoms with van der Waals surface area (Å²) in [6, 6.07) is 69.8. The van der Waals surface area contributed by atoms with Crippen molar-refractivity contribution in [3.63, 3.8) is 0 Å². The molecule has 0 aliphatic rings. The standard InChI is InChI=1S/C50H32N2O/c1-2-15-38(16-3-1)51(39-24-22-34(23-25-39)42-18-10-19-45-44-17-8-9-20-49(44)53-50(42)45)41-27-28-43-46-30-36-13-6-7-14-37(36)31-47(46)52(48(43)32-41)40-26-21-33-11-4-5-12-35(33)29-40/h1-32H. The zero-order valence-corrected chi connectivity index (χ0v) is 28.8. The monoisotopic (exact) mass is 676 g/mol. The van der Waals surface area contributed by atoms with Crippen molar-refractivity contribution in [3.8, 4) is 16.8 Å². The third kappa shape index (κ3) is 4.75. The molecule has 0 spiro atoms. The lowest BCUT2D eigenvalue weighted by atomic mass is 10.0. The van der Waals surface area contributed by atoms with E-state index in [2.05, 4.69) is 191 Å². The Morgan fingerprint density at radius 2 is 1.02 bits per heavy atom. The second-order valence-corrected chi connectivity index (χ2v) is 13.8. The van der Waals surface area contributed by atoms with Gasteiger partial charge in [-0.05, 0) is 93.8 Å². The van der Waals surface area contributed by atoms with Crippen molar-refractivity contribution in [2.45, 2.75) is 0 Å². The van der Waals surface area contributed by atoms with Crippen LogP contribution in [0.15, 0.2) is 199 Å². The average Bonchev–Trinajstić information content (AvgIpc) is 3.76. The van der Waals surface area contributed by atoms with Gasteiger partial charge in [0.05, 0.1) is 11.0 Å². The number of para-hydroxylation sites is 3. The smallest absolute Gasteiger partial charge is 0.143 e. The molecule has 0 radical (unpaired) electrons. The van der Waals surface area contributed by atoms with E-state index in [1.54, 1.807) is 0 Å². The molecule has 0 amide bonds. The topological polar surface area (TPSA) is 21.3 Å². The second kappa shape index (κ2) is 11.7. The van der Waals surface area contributed by atoms with Crippen molar-refractivity contribution in [2.24, 2.45) is 0 Å². The zero-order valence-electron chi connectivity index (χ0n) is 28.8. The van der Waals surface area contributed by atoms with E-state index in [1.165, 1.54) is 37.8 Å². The number of hydrogen-bond acceptors (Lipinski definition) is 2. The number of fused-ring (bicyclic) bond motifs is 8. The van der Waals surface area contributed by atoms with Crippen LogP contribution in [0.4, 0.5) is 17.1 Å². The fourth-order valence-corrected chi connectivity index (χ4v) is 8.21. The van der Waals surface area contributed by atoms with Crippen molar-refractivity contribution in [1.29, 1.82) is 0 Å². The number of furan rings is 1. The number of aromatic nitrogens is 1. The molecule has 11 aromatic rings. The minimum Gasteiger partial charge on any atom is -0.455 e. The van der Waals surface area contributed by atoms with E-state index in [0.29, 0.717) is 0 Å². The minimum absolute atomic E-state index is 0.909. The van der Waals surface area contributed by atoms with Gasteiger partial charge >= 0.3 is 0 Å². The molecule has 3 heteroatoms. The molecule has 0 saturated heterocycles. The van der Waals surface area contributed by atoms with Crippen molar-refractivity contribution in [1.82, 2.24) is 4.57 Å². The van der Waals surface area contributed by atoms with E-state index >= 15 is 0 Å². The number of nitrogens with zero attached hydrogens (tertiary/aromatic N) is 2. The van der Waals surface area contributed by atoms with Crippen LogP contribution in [0.25, 0.3) is 82.1 Å². The van der Waals surface area contributed by atoms with Gasteiger partial charge in [-0.25, -0.2) is 0 Å². The van der Waals surface area contributed by atoms with Gasteiger partial charge in [-0.1, -0.05) is 127 Å². The summed E-state index contributed by atoms with van der Waals surface area (Å²) < 4.78 is 8.84.